The van der Waals surface area contributed by atoms with Crippen molar-refractivity contribution < 1.29 is 4.74 Å². The molecule has 0 aliphatic heterocycles. The monoisotopic (exact) mass is 197 g/mol. The Labute approximate surface area is 63.3 Å². The molecule has 0 rings (SSSR count). The van der Waals surface area contributed by atoms with Crippen LogP contribution in [-0.2, 0) is 4.74 Å². The van der Waals surface area contributed by atoms with E-state index in [1.807, 2.05) is 0 Å². The first kappa shape index (κ1) is 9.44. The summed E-state index contributed by atoms with van der Waals surface area (Å²) in [5.74, 6) is 2.23. The molecule has 0 saturated carbocycles. The van der Waals surface area contributed by atoms with Gasteiger partial charge in [-0.3, -0.25) is 0 Å². The van der Waals surface area contributed by atoms with Crippen LogP contribution in [0.1, 0.15) is 6.42 Å². The van der Waals surface area contributed by atoms with Crippen molar-refractivity contribution in [1.82, 2.24) is 0 Å². The Balaban J connectivity index is 2.95. The van der Waals surface area contributed by atoms with E-state index in [-0.39, 0.29) is 6.04 Å². The fraction of sp³-hybridized carbons (Fsp3) is 1.00. The fourth-order valence-electron chi connectivity index (χ4n) is 0.567. The zero-order valence-electron chi connectivity index (χ0n) is 6.09. The molecule has 0 fully saturated rings. The van der Waals surface area contributed by atoms with E-state index >= 15 is 0 Å². The SMILES string of the molecule is COC[C@@H](N)CC[Se]C. The maximum absolute atomic E-state index is 5.66. The molecule has 0 radical (unpaired) electrons. The van der Waals surface area contributed by atoms with Crippen LogP contribution < -0.4 is 5.73 Å². The predicted molar refractivity (Wildman–Crippen MR) is 40.9 cm³/mol. The molecular formula is C6H15NOSe. The normalized spacial score (nSPS) is 13.7. The average Bonchev–Trinajstić information content (AvgIpc) is 1.85. The Kier molecular flexibility index (Phi) is 6.88. The zero-order valence-corrected chi connectivity index (χ0v) is 7.81. The van der Waals surface area contributed by atoms with Crippen molar-refractivity contribution in [3.63, 3.8) is 0 Å². The van der Waals surface area contributed by atoms with Crippen LogP contribution in [0.2, 0.25) is 11.1 Å². The first-order chi connectivity index (χ1) is 4.31. The van der Waals surface area contributed by atoms with E-state index in [0.717, 1.165) is 21.4 Å². The molecule has 9 heavy (non-hydrogen) atoms. The van der Waals surface area contributed by atoms with Gasteiger partial charge in [-0.1, -0.05) is 0 Å². The number of hydrogen-bond donors (Lipinski definition) is 1. The Morgan fingerprint density at radius 1 is 1.67 bits per heavy atom. The van der Waals surface area contributed by atoms with E-state index in [9.17, 15) is 0 Å². The van der Waals surface area contributed by atoms with Gasteiger partial charge in [0.15, 0.2) is 0 Å². The topological polar surface area (TPSA) is 35.2 Å². The summed E-state index contributed by atoms with van der Waals surface area (Å²) in [5.41, 5.74) is 5.66. The van der Waals surface area contributed by atoms with Crippen LogP contribution in [0.3, 0.4) is 0 Å². The van der Waals surface area contributed by atoms with Crippen molar-refractivity contribution in [2.75, 3.05) is 13.7 Å². The fourth-order valence-corrected chi connectivity index (χ4v) is 1.70. The van der Waals surface area contributed by atoms with Gasteiger partial charge in [0.2, 0.25) is 0 Å². The van der Waals surface area contributed by atoms with Gasteiger partial charge in [-0.15, -0.1) is 0 Å². The Hall–Kier alpha value is 0.439. The molecule has 3 heteroatoms. The molecule has 56 valence electrons. The predicted octanol–water partition coefficient (Wildman–Crippen LogP) is 0.521. The molecule has 0 saturated heterocycles. The van der Waals surface area contributed by atoms with Gasteiger partial charge in [0.05, 0.1) is 0 Å². The van der Waals surface area contributed by atoms with Crippen LogP contribution in [0, 0.1) is 0 Å². The summed E-state index contributed by atoms with van der Waals surface area (Å²) < 4.78 is 4.88. The van der Waals surface area contributed by atoms with Crippen LogP contribution in [0.15, 0.2) is 0 Å². The van der Waals surface area contributed by atoms with Crippen LogP contribution in [0.25, 0.3) is 0 Å². The summed E-state index contributed by atoms with van der Waals surface area (Å²) in [7, 11) is 1.69. The molecule has 0 amide bonds. The summed E-state index contributed by atoms with van der Waals surface area (Å²) in [6.07, 6.45) is 1.12. The van der Waals surface area contributed by atoms with Gasteiger partial charge in [0, 0.05) is 0 Å². The van der Waals surface area contributed by atoms with Gasteiger partial charge in [0.1, 0.15) is 0 Å². The van der Waals surface area contributed by atoms with Gasteiger partial charge >= 0.3 is 62.7 Å². The number of methoxy groups -OCH3 is 1. The Morgan fingerprint density at radius 2 is 2.33 bits per heavy atom. The van der Waals surface area contributed by atoms with Gasteiger partial charge in [-0.05, 0) is 0 Å². The zero-order chi connectivity index (χ0) is 7.11. The van der Waals surface area contributed by atoms with Crippen molar-refractivity contribution in [3.05, 3.63) is 0 Å². The molecule has 0 aliphatic carbocycles. The summed E-state index contributed by atoms with van der Waals surface area (Å²) in [6.45, 7) is 0.704. The Bertz CT molecular complexity index is 61.0. The van der Waals surface area contributed by atoms with E-state index < -0.39 is 0 Å². The second-order valence-electron chi connectivity index (χ2n) is 2.00. The van der Waals surface area contributed by atoms with E-state index in [4.69, 9.17) is 10.5 Å². The molecule has 0 bridgehead atoms. The van der Waals surface area contributed by atoms with Gasteiger partial charge in [0.25, 0.3) is 0 Å². The molecule has 2 nitrogen and oxygen atoms in total. The molecular weight excluding hydrogens is 181 g/mol. The van der Waals surface area contributed by atoms with Gasteiger partial charge in [-0.25, -0.2) is 0 Å². The van der Waals surface area contributed by atoms with Crippen LogP contribution in [-0.4, -0.2) is 34.7 Å². The van der Waals surface area contributed by atoms with Crippen LogP contribution in [0.5, 0.6) is 0 Å². The van der Waals surface area contributed by atoms with Crippen molar-refractivity contribution in [2.24, 2.45) is 5.73 Å². The van der Waals surface area contributed by atoms with E-state index in [1.165, 1.54) is 5.32 Å². The van der Waals surface area contributed by atoms with Crippen molar-refractivity contribution in [3.8, 4) is 0 Å². The third-order valence-corrected chi connectivity index (χ3v) is 2.42. The Morgan fingerprint density at radius 3 is 2.78 bits per heavy atom. The molecule has 0 spiro atoms. The van der Waals surface area contributed by atoms with Crippen LogP contribution >= 0.6 is 0 Å². The minimum atomic E-state index is 0.261. The van der Waals surface area contributed by atoms with E-state index in [1.54, 1.807) is 7.11 Å². The molecule has 0 aromatic rings. The summed E-state index contributed by atoms with van der Waals surface area (Å²) >= 11 is 0.769. The summed E-state index contributed by atoms with van der Waals surface area (Å²) in [4.78, 5) is 0. The second kappa shape index (κ2) is 6.56. The number of nitrogens with two attached hydrogens (primary N) is 1. The molecule has 0 heterocycles. The molecule has 0 aromatic carbocycles. The summed E-state index contributed by atoms with van der Waals surface area (Å²) in [5, 5.41) is 1.28. The number of rotatable bonds is 5. The van der Waals surface area contributed by atoms with Crippen LogP contribution in [0.4, 0.5) is 0 Å². The third kappa shape index (κ3) is 6.32. The standard InChI is InChI=1S/C6H15NOSe/c1-8-5-6(7)3-4-9-2/h6H,3-5,7H2,1-2H3/t6-/m0/s1. The van der Waals surface area contributed by atoms with Crippen molar-refractivity contribution >= 4 is 15.0 Å². The molecule has 1 atom stereocenters. The third-order valence-electron chi connectivity index (χ3n) is 1.07. The molecule has 0 unspecified atom stereocenters. The first-order valence-electron chi connectivity index (χ1n) is 3.04. The minimum absolute atomic E-state index is 0.261. The van der Waals surface area contributed by atoms with Crippen molar-refractivity contribution in [1.29, 1.82) is 0 Å². The second-order valence-corrected chi connectivity index (χ2v) is 4.06. The molecule has 0 aromatic heterocycles. The molecule has 2 N–H and O–H groups in total. The van der Waals surface area contributed by atoms with E-state index in [2.05, 4.69) is 5.82 Å². The summed E-state index contributed by atoms with van der Waals surface area (Å²) in [6, 6.07) is 0.261. The van der Waals surface area contributed by atoms with Crippen molar-refractivity contribution in [2.45, 2.75) is 23.6 Å². The average molecular weight is 196 g/mol. The number of ether oxygens (including phenoxy) is 1. The number of hydrogen-bond acceptors (Lipinski definition) is 2. The molecule has 0 aliphatic rings. The maximum atomic E-state index is 5.66. The van der Waals surface area contributed by atoms with Gasteiger partial charge < -0.3 is 0 Å². The first-order valence-corrected chi connectivity index (χ1v) is 5.97. The van der Waals surface area contributed by atoms with E-state index in [0.29, 0.717) is 6.61 Å². The van der Waals surface area contributed by atoms with Gasteiger partial charge in [-0.2, -0.15) is 0 Å². The quantitative estimate of drug-likeness (QED) is 0.650.